The predicted octanol–water partition coefficient (Wildman–Crippen LogP) is 2.78. The minimum absolute atomic E-state index is 0.131. The van der Waals surface area contributed by atoms with E-state index in [1.165, 1.54) is 0 Å². The zero-order chi connectivity index (χ0) is 18.0. The van der Waals surface area contributed by atoms with Gasteiger partial charge in [0.1, 0.15) is 0 Å². The van der Waals surface area contributed by atoms with Crippen molar-refractivity contribution in [2.75, 3.05) is 19.6 Å². The lowest BCUT2D eigenvalue weighted by Gasteiger charge is -2.27. The summed E-state index contributed by atoms with van der Waals surface area (Å²) in [5, 5.41) is 0. The smallest absolute Gasteiger partial charge is 0.229 e. The van der Waals surface area contributed by atoms with Crippen molar-refractivity contribution < 1.29 is 9.59 Å². The Hall–Kier alpha value is -2.17. The number of rotatable bonds is 3. The Morgan fingerprint density at radius 3 is 2.58 bits per heavy atom. The van der Waals surface area contributed by atoms with Gasteiger partial charge in [-0.2, -0.15) is 0 Å². The minimum atomic E-state index is -0.254. The Bertz CT molecular complexity index is 694. The molecular formula is C21H27N3O2. The van der Waals surface area contributed by atoms with E-state index in [-0.39, 0.29) is 23.1 Å². The SMILES string of the molecule is O=C(C1CC=CC1)N1CCCC2(CC1)CCN(Cc1ccncc1)C2=O. The maximum atomic E-state index is 13.2. The van der Waals surface area contributed by atoms with E-state index in [0.717, 1.165) is 63.7 Å². The van der Waals surface area contributed by atoms with Crippen molar-refractivity contribution in [3.8, 4) is 0 Å². The molecule has 1 aromatic rings. The molecule has 2 aliphatic heterocycles. The predicted molar refractivity (Wildman–Crippen MR) is 99.0 cm³/mol. The molecule has 1 unspecified atom stereocenters. The summed E-state index contributed by atoms with van der Waals surface area (Å²) in [6.45, 7) is 3.01. The molecule has 2 fully saturated rings. The first-order valence-corrected chi connectivity index (χ1v) is 9.80. The van der Waals surface area contributed by atoms with Crippen LogP contribution in [-0.2, 0) is 16.1 Å². The van der Waals surface area contributed by atoms with Crippen LogP contribution >= 0.6 is 0 Å². The number of carbonyl (C=O) groups is 2. The maximum absolute atomic E-state index is 13.2. The van der Waals surface area contributed by atoms with Gasteiger partial charge >= 0.3 is 0 Å². The molecule has 1 atom stereocenters. The quantitative estimate of drug-likeness (QED) is 0.785. The van der Waals surface area contributed by atoms with E-state index in [1.54, 1.807) is 12.4 Å². The zero-order valence-corrected chi connectivity index (χ0v) is 15.3. The van der Waals surface area contributed by atoms with Crippen molar-refractivity contribution in [2.24, 2.45) is 11.3 Å². The molecule has 2 amide bonds. The molecule has 5 heteroatoms. The number of likely N-dealkylation sites (tertiary alicyclic amines) is 2. The topological polar surface area (TPSA) is 53.5 Å². The first kappa shape index (κ1) is 17.3. The van der Waals surface area contributed by atoms with Gasteiger partial charge in [0.2, 0.25) is 11.8 Å². The van der Waals surface area contributed by atoms with Crippen molar-refractivity contribution in [2.45, 2.75) is 45.1 Å². The number of hydrogen-bond acceptors (Lipinski definition) is 3. The van der Waals surface area contributed by atoms with Gasteiger partial charge in [0.25, 0.3) is 0 Å². The molecule has 3 heterocycles. The molecule has 0 saturated carbocycles. The molecular weight excluding hydrogens is 326 g/mol. The molecule has 0 N–H and O–H groups in total. The van der Waals surface area contributed by atoms with Gasteiger partial charge in [-0.15, -0.1) is 0 Å². The van der Waals surface area contributed by atoms with Crippen LogP contribution in [0.15, 0.2) is 36.7 Å². The maximum Gasteiger partial charge on any atom is 0.229 e. The molecule has 2 saturated heterocycles. The van der Waals surface area contributed by atoms with E-state index in [2.05, 4.69) is 17.1 Å². The van der Waals surface area contributed by atoms with Crippen LogP contribution in [0.3, 0.4) is 0 Å². The summed E-state index contributed by atoms with van der Waals surface area (Å²) >= 11 is 0. The molecule has 4 rings (SSSR count). The van der Waals surface area contributed by atoms with E-state index >= 15 is 0 Å². The summed E-state index contributed by atoms with van der Waals surface area (Å²) in [7, 11) is 0. The van der Waals surface area contributed by atoms with E-state index in [0.29, 0.717) is 6.54 Å². The Kier molecular flexibility index (Phi) is 4.79. The van der Waals surface area contributed by atoms with Crippen molar-refractivity contribution in [3.63, 3.8) is 0 Å². The second-order valence-electron chi connectivity index (χ2n) is 7.93. The standard InChI is InChI=1S/C21H27N3O2/c25-19(18-4-1-2-5-18)23-13-3-8-21(9-14-23)10-15-24(20(21)26)16-17-6-11-22-12-7-17/h1-2,6-7,11-12,18H,3-5,8-10,13-16H2. The fraction of sp³-hybridized carbons (Fsp3) is 0.571. The van der Waals surface area contributed by atoms with Gasteiger partial charge in [-0.25, -0.2) is 0 Å². The highest BCUT2D eigenvalue weighted by Crippen LogP contribution is 2.42. The first-order chi connectivity index (χ1) is 12.7. The van der Waals surface area contributed by atoms with E-state index < -0.39 is 0 Å². The normalized spacial score (nSPS) is 26.7. The molecule has 1 aliphatic carbocycles. The second kappa shape index (κ2) is 7.22. The molecule has 138 valence electrons. The molecule has 0 aromatic carbocycles. The lowest BCUT2D eigenvalue weighted by molar-refractivity contribution is -0.138. The molecule has 26 heavy (non-hydrogen) atoms. The summed E-state index contributed by atoms with van der Waals surface area (Å²) < 4.78 is 0. The summed E-state index contributed by atoms with van der Waals surface area (Å²) in [4.78, 5) is 34.0. The van der Waals surface area contributed by atoms with Crippen LogP contribution in [0.25, 0.3) is 0 Å². The highest BCUT2D eigenvalue weighted by molar-refractivity contribution is 5.85. The van der Waals surface area contributed by atoms with Gasteiger partial charge in [0.05, 0.1) is 5.41 Å². The van der Waals surface area contributed by atoms with Crippen molar-refractivity contribution >= 4 is 11.8 Å². The number of aromatic nitrogens is 1. The monoisotopic (exact) mass is 353 g/mol. The van der Waals surface area contributed by atoms with E-state index in [9.17, 15) is 9.59 Å². The van der Waals surface area contributed by atoms with Crippen LogP contribution in [-0.4, -0.2) is 46.2 Å². The van der Waals surface area contributed by atoms with Crippen LogP contribution in [0.1, 0.15) is 44.1 Å². The summed E-state index contributed by atoms with van der Waals surface area (Å²) in [6, 6.07) is 3.95. The third-order valence-electron chi connectivity index (χ3n) is 6.34. The third-order valence-corrected chi connectivity index (χ3v) is 6.34. The average Bonchev–Trinajstić information content (AvgIpc) is 3.23. The number of pyridine rings is 1. The lowest BCUT2D eigenvalue weighted by atomic mass is 9.79. The minimum Gasteiger partial charge on any atom is -0.342 e. The number of allylic oxidation sites excluding steroid dienone is 2. The fourth-order valence-electron chi connectivity index (χ4n) is 4.71. The molecule has 1 aromatic heterocycles. The largest absolute Gasteiger partial charge is 0.342 e. The van der Waals surface area contributed by atoms with Crippen molar-refractivity contribution in [3.05, 3.63) is 42.2 Å². The lowest BCUT2D eigenvalue weighted by Crippen LogP contribution is -2.38. The number of carbonyl (C=O) groups excluding carboxylic acids is 2. The summed E-state index contributed by atoms with van der Waals surface area (Å²) in [5.74, 6) is 0.698. The van der Waals surface area contributed by atoms with Crippen LogP contribution in [0.4, 0.5) is 0 Å². The van der Waals surface area contributed by atoms with Crippen molar-refractivity contribution in [1.29, 1.82) is 0 Å². The van der Waals surface area contributed by atoms with Gasteiger partial charge in [0.15, 0.2) is 0 Å². The van der Waals surface area contributed by atoms with Gasteiger partial charge in [0, 0.05) is 44.5 Å². The van der Waals surface area contributed by atoms with Gasteiger partial charge in [-0.1, -0.05) is 12.2 Å². The van der Waals surface area contributed by atoms with Crippen LogP contribution in [0.2, 0.25) is 0 Å². The summed E-state index contributed by atoms with van der Waals surface area (Å²) in [5.41, 5.74) is 0.875. The van der Waals surface area contributed by atoms with E-state index in [4.69, 9.17) is 0 Å². The number of amides is 2. The van der Waals surface area contributed by atoms with Gasteiger partial charge in [-0.3, -0.25) is 14.6 Å². The highest BCUT2D eigenvalue weighted by atomic mass is 16.2. The highest BCUT2D eigenvalue weighted by Gasteiger charge is 2.47. The number of nitrogens with zero attached hydrogens (tertiary/aromatic N) is 3. The second-order valence-corrected chi connectivity index (χ2v) is 7.93. The van der Waals surface area contributed by atoms with Crippen LogP contribution in [0, 0.1) is 11.3 Å². The van der Waals surface area contributed by atoms with Crippen LogP contribution in [0.5, 0.6) is 0 Å². The third kappa shape index (κ3) is 3.27. The molecule has 3 aliphatic rings. The van der Waals surface area contributed by atoms with Crippen LogP contribution < -0.4 is 0 Å². The first-order valence-electron chi connectivity index (χ1n) is 9.80. The van der Waals surface area contributed by atoms with Gasteiger partial charge < -0.3 is 9.80 Å². The van der Waals surface area contributed by atoms with Gasteiger partial charge in [-0.05, 0) is 56.2 Å². The molecule has 5 nitrogen and oxygen atoms in total. The van der Waals surface area contributed by atoms with Crippen molar-refractivity contribution in [1.82, 2.24) is 14.8 Å². The Morgan fingerprint density at radius 1 is 1.08 bits per heavy atom. The Morgan fingerprint density at radius 2 is 1.81 bits per heavy atom. The summed E-state index contributed by atoms with van der Waals surface area (Å²) in [6.07, 6.45) is 13.1. The fourth-order valence-corrected chi connectivity index (χ4v) is 4.71. The molecule has 1 spiro atoms. The molecule has 0 radical (unpaired) electrons. The average molecular weight is 353 g/mol. The Labute approximate surface area is 155 Å². The molecule has 0 bridgehead atoms. The zero-order valence-electron chi connectivity index (χ0n) is 15.3. The Balaban J connectivity index is 1.40. The number of hydrogen-bond donors (Lipinski definition) is 0. The van der Waals surface area contributed by atoms with E-state index in [1.807, 2.05) is 21.9 Å².